The fourth-order valence-electron chi connectivity index (χ4n) is 3.13. The molecule has 0 aliphatic heterocycles. The van der Waals surface area contributed by atoms with Crippen LogP contribution in [0.25, 0.3) is 11.0 Å². The summed E-state index contributed by atoms with van der Waals surface area (Å²) in [4.78, 5) is 16.6. The molecule has 1 aliphatic rings. The van der Waals surface area contributed by atoms with Crippen LogP contribution in [0.5, 0.6) is 5.75 Å². The van der Waals surface area contributed by atoms with Gasteiger partial charge in [-0.25, -0.2) is 13.8 Å². The van der Waals surface area contributed by atoms with E-state index in [1.165, 1.54) is 41.0 Å². The first-order chi connectivity index (χ1) is 14.1. The van der Waals surface area contributed by atoms with Crippen LogP contribution in [0.1, 0.15) is 41.5 Å². The van der Waals surface area contributed by atoms with Gasteiger partial charge in [0, 0.05) is 33.4 Å². The van der Waals surface area contributed by atoms with Gasteiger partial charge in [0.25, 0.3) is 12.3 Å². The van der Waals surface area contributed by atoms with E-state index in [1.54, 1.807) is 0 Å². The summed E-state index contributed by atoms with van der Waals surface area (Å²) in [7, 11) is 0. The highest BCUT2D eigenvalue weighted by Gasteiger charge is 2.32. The van der Waals surface area contributed by atoms with Crippen LogP contribution in [0.15, 0.2) is 40.9 Å². The van der Waals surface area contributed by atoms with Gasteiger partial charge in [-0.05, 0) is 65.2 Å². The predicted molar refractivity (Wildman–Crippen MR) is 106 cm³/mol. The summed E-state index contributed by atoms with van der Waals surface area (Å²) in [5.41, 5.74) is -2.52. The summed E-state index contributed by atoms with van der Waals surface area (Å²) in [6.07, 6.45) is -1.13. The van der Waals surface area contributed by atoms with Crippen LogP contribution < -0.4 is 10.1 Å². The first-order valence-corrected chi connectivity index (χ1v) is 9.96. The largest absolute Gasteiger partial charge is 0.487 e. The maximum Gasteiger partial charge on any atom is 0.487 e. The van der Waals surface area contributed by atoms with E-state index in [1.807, 2.05) is 0 Å². The summed E-state index contributed by atoms with van der Waals surface area (Å²) in [5, 5.41) is 2.60. The summed E-state index contributed by atoms with van der Waals surface area (Å²) in [5.74, 6) is -1.02. The van der Waals surface area contributed by atoms with E-state index in [4.69, 9.17) is 11.6 Å². The van der Waals surface area contributed by atoms with Crippen LogP contribution in [0.2, 0.25) is 0 Å². The number of nitrogens with one attached hydrogen (secondary N) is 1. The van der Waals surface area contributed by atoms with E-state index in [2.05, 4.69) is 31.0 Å². The Morgan fingerprint density at radius 3 is 2.50 bits per heavy atom. The van der Waals surface area contributed by atoms with Gasteiger partial charge in [0.2, 0.25) is 0 Å². The number of rotatable bonds is 6. The van der Waals surface area contributed by atoms with Crippen molar-refractivity contribution in [2.45, 2.75) is 30.9 Å². The second-order valence-corrected chi connectivity index (χ2v) is 8.02. The number of hydrogen-bond acceptors (Lipinski definition) is 3. The average molecular weight is 507 g/mol. The van der Waals surface area contributed by atoms with Crippen molar-refractivity contribution < 1.29 is 27.1 Å². The normalized spacial score (nSPS) is 14.4. The molecule has 5 nitrogen and oxygen atoms in total. The van der Waals surface area contributed by atoms with Crippen molar-refractivity contribution >= 4 is 50.2 Å². The molecular weight excluding hydrogens is 494 g/mol. The second kappa shape index (κ2) is 7.73. The fraction of sp³-hybridized carbons (Fsp3) is 0.263. The van der Waals surface area contributed by atoms with Crippen molar-refractivity contribution in [2.75, 3.05) is 5.32 Å². The topological polar surface area (TPSA) is 56.1 Å². The average Bonchev–Trinajstić information content (AvgIpc) is 3.41. The number of benzene rings is 2. The molecule has 2 aromatic carbocycles. The molecule has 0 unspecified atom stereocenters. The third kappa shape index (κ3) is 4.39. The van der Waals surface area contributed by atoms with Crippen molar-refractivity contribution in [3.05, 3.63) is 52.3 Å². The number of carbonyl (C=O) groups excluding carboxylic acids is 1. The molecule has 1 aromatic heterocycles. The van der Waals surface area contributed by atoms with E-state index >= 15 is 0 Å². The summed E-state index contributed by atoms with van der Waals surface area (Å²) >= 11 is 8.07. The standard InChI is InChI=1S/C19H13BrClF4N3O2/c20-13-7-9(8-14-15(13)28(11-3-4-11)17(27-14)16(22)23)18(29)26-10-1-5-12(6-2-10)30-19(21,24)25/h1-2,5-8,11,16H,3-4H2,(H,26,29). The van der Waals surface area contributed by atoms with Gasteiger partial charge >= 0.3 is 5.57 Å². The minimum Gasteiger partial charge on any atom is -0.420 e. The third-order valence-corrected chi connectivity index (χ3v) is 5.16. The van der Waals surface area contributed by atoms with Crippen molar-refractivity contribution in [3.63, 3.8) is 0 Å². The van der Waals surface area contributed by atoms with E-state index in [0.29, 0.717) is 15.7 Å². The minimum absolute atomic E-state index is 0.0175. The van der Waals surface area contributed by atoms with Crippen LogP contribution in [0, 0.1) is 0 Å². The summed E-state index contributed by atoms with van der Waals surface area (Å²) in [6.45, 7) is 0. The first-order valence-electron chi connectivity index (χ1n) is 8.79. The molecular formula is C19H13BrClF4N3O2. The molecule has 4 rings (SSSR count). The Bertz CT molecular complexity index is 1110. The maximum absolute atomic E-state index is 13.4. The van der Waals surface area contributed by atoms with Gasteiger partial charge in [-0.1, -0.05) is 0 Å². The van der Waals surface area contributed by atoms with Crippen LogP contribution in [0.4, 0.5) is 23.2 Å². The number of ether oxygens (including phenoxy) is 1. The number of halogens is 6. The highest BCUT2D eigenvalue weighted by molar-refractivity contribution is 9.10. The Kier molecular flexibility index (Phi) is 5.39. The molecule has 0 radical (unpaired) electrons. The van der Waals surface area contributed by atoms with Crippen LogP contribution in [-0.4, -0.2) is 21.0 Å². The summed E-state index contributed by atoms with van der Waals surface area (Å²) < 4.78 is 58.4. The molecule has 158 valence electrons. The van der Waals surface area contributed by atoms with E-state index in [-0.39, 0.29) is 28.7 Å². The molecule has 0 spiro atoms. The van der Waals surface area contributed by atoms with Crippen LogP contribution >= 0.6 is 27.5 Å². The number of imidazole rings is 1. The lowest BCUT2D eigenvalue weighted by Crippen LogP contribution is -2.15. The Balaban J connectivity index is 1.59. The van der Waals surface area contributed by atoms with Crippen molar-refractivity contribution in [2.24, 2.45) is 0 Å². The SMILES string of the molecule is O=C(Nc1ccc(OC(F)(F)Cl)cc1)c1cc(Br)c2c(c1)nc(C(F)F)n2C1CC1. The van der Waals surface area contributed by atoms with Crippen molar-refractivity contribution in [1.29, 1.82) is 0 Å². The van der Waals surface area contributed by atoms with Gasteiger partial charge < -0.3 is 14.6 Å². The molecule has 0 bridgehead atoms. The monoisotopic (exact) mass is 505 g/mol. The first kappa shape index (κ1) is 20.9. The number of alkyl halides is 5. The summed E-state index contributed by atoms with van der Waals surface area (Å²) in [6, 6.07) is 8.11. The van der Waals surface area contributed by atoms with Gasteiger partial charge in [0.1, 0.15) is 5.75 Å². The van der Waals surface area contributed by atoms with E-state index < -0.39 is 17.9 Å². The molecule has 1 fully saturated rings. The molecule has 0 atom stereocenters. The number of hydrogen-bond donors (Lipinski definition) is 1. The third-order valence-electron chi connectivity index (χ3n) is 4.48. The zero-order valence-electron chi connectivity index (χ0n) is 15.0. The van der Waals surface area contributed by atoms with Crippen LogP contribution in [0.3, 0.4) is 0 Å². The lowest BCUT2D eigenvalue weighted by atomic mass is 10.1. The highest BCUT2D eigenvalue weighted by Crippen LogP contribution is 2.42. The van der Waals surface area contributed by atoms with E-state index in [9.17, 15) is 22.4 Å². The number of nitrogens with zero attached hydrogens (tertiary/aromatic N) is 2. The number of fused-ring (bicyclic) bond motifs is 1. The second-order valence-electron chi connectivity index (χ2n) is 6.72. The maximum atomic E-state index is 13.4. The van der Waals surface area contributed by atoms with Crippen LogP contribution in [-0.2, 0) is 0 Å². The molecule has 1 saturated carbocycles. The minimum atomic E-state index is -3.84. The van der Waals surface area contributed by atoms with Gasteiger partial charge in [-0.3, -0.25) is 4.79 Å². The quantitative estimate of drug-likeness (QED) is 0.307. The molecule has 0 saturated heterocycles. The molecule has 3 aromatic rings. The number of anilines is 1. The van der Waals surface area contributed by atoms with E-state index in [0.717, 1.165) is 12.8 Å². The molecule has 1 heterocycles. The zero-order chi connectivity index (χ0) is 21.6. The lowest BCUT2D eigenvalue weighted by Gasteiger charge is -2.11. The molecule has 11 heteroatoms. The molecule has 1 amide bonds. The highest BCUT2D eigenvalue weighted by atomic mass is 79.9. The fourth-order valence-corrected chi connectivity index (χ4v) is 3.86. The Morgan fingerprint density at radius 1 is 1.27 bits per heavy atom. The van der Waals surface area contributed by atoms with Gasteiger partial charge in [0.05, 0.1) is 11.0 Å². The number of carbonyl (C=O) groups is 1. The van der Waals surface area contributed by atoms with Crippen molar-refractivity contribution in [1.82, 2.24) is 9.55 Å². The number of aromatic nitrogens is 2. The predicted octanol–water partition coefficient (Wildman–Crippen LogP) is 6.49. The lowest BCUT2D eigenvalue weighted by molar-refractivity contribution is -0.0964. The Morgan fingerprint density at radius 2 is 1.93 bits per heavy atom. The molecule has 30 heavy (non-hydrogen) atoms. The van der Waals surface area contributed by atoms with Crippen molar-refractivity contribution in [3.8, 4) is 5.75 Å². The Hall–Kier alpha value is -2.33. The number of amides is 1. The van der Waals surface area contributed by atoms with Gasteiger partial charge in [-0.2, -0.15) is 0 Å². The van der Waals surface area contributed by atoms with Gasteiger partial charge in [-0.15, -0.1) is 8.78 Å². The molecule has 1 aliphatic carbocycles. The van der Waals surface area contributed by atoms with Gasteiger partial charge in [0.15, 0.2) is 5.82 Å². The zero-order valence-corrected chi connectivity index (χ0v) is 17.4. The Labute approximate surface area is 181 Å². The smallest absolute Gasteiger partial charge is 0.420 e. The molecule has 1 N–H and O–H groups in total.